The van der Waals surface area contributed by atoms with Crippen molar-refractivity contribution in [3.05, 3.63) is 23.8 Å². The van der Waals surface area contributed by atoms with Crippen LogP contribution in [0.4, 0.5) is 10.5 Å². The first kappa shape index (κ1) is 37.6. The van der Waals surface area contributed by atoms with Crippen LogP contribution in [0.1, 0.15) is 95.3 Å². The summed E-state index contributed by atoms with van der Waals surface area (Å²) in [5.74, 6) is 0.0901. The van der Waals surface area contributed by atoms with Gasteiger partial charge in [0, 0.05) is 50.8 Å². The van der Waals surface area contributed by atoms with Crippen LogP contribution in [-0.4, -0.2) is 116 Å². The predicted molar refractivity (Wildman–Crippen MR) is 181 cm³/mol. The zero-order valence-corrected chi connectivity index (χ0v) is 29.1. The van der Waals surface area contributed by atoms with Crippen LogP contribution in [0.3, 0.4) is 0 Å². The minimum absolute atomic E-state index is 0.0705. The zero-order chi connectivity index (χ0) is 33.6. The Bertz CT molecular complexity index is 1110. The van der Waals surface area contributed by atoms with Crippen molar-refractivity contribution >= 4 is 23.5 Å². The minimum Gasteiger partial charge on any atom is -0.490 e. The largest absolute Gasteiger partial charge is 0.490 e. The predicted octanol–water partition coefficient (Wildman–Crippen LogP) is 4.74. The monoisotopic (exact) mass is 645 g/mol. The summed E-state index contributed by atoms with van der Waals surface area (Å²) in [4.78, 5) is 45.6. The van der Waals surface area contributed by atoms with Gasteiger partial charge in [0.2, 0.25) is 5.91 Å². The van der Waals surface area contributed by atoms with Gasteiger partial charge in [0.05, 0.1) is 30.4 Å². The molecule has 0 unspecified atom stereocenters. The molecule has 1 aliphatic carbocycles. The molecule has 3 rings (SSSR count). The first-order valence-electron chi connectivity index (χ1n) is 17.3. The summed E-state index contributed by atoms with van der Waals surface area (Å²) in [5.41, 5.74) is 0.829. The molecular weight excluding hydrogens is 586 g/mol. The van der Waals surface area contributed by atoms with Crippen LogP contribution in [0.25, 0.3) is 0 Å². The Hall–Kier alpha value is -2.89. The fourth-order valence-corrected chi connectivity index (χ4v) is 6.17. The maximum atomic E-state index is 14.3. The van der Waals surface area contributed by atoms with E-state index in [-0.39, 0.29) is 48.6 Å². The first-order valence-corrected chi connectivity index (χ1v) is 17.3. The molecule has 2 aliphatic rings. The zero-order valence-electron chi connectivity index (χ0n) is 29.1. The maximum absolute atomic E-state index is 14.3. The van der Waals surface area contributed by atoms with Crippen molar-refractivity contribution in [2.75, 3.05) is 59.3 Å². The molecule has 260 valence electrons. The number of rotatable bonds is 10. The number of benzene rings is 1. The molecule has 4 atom stereocenters. The number of aliphatic hydroxyl groups is 1. The highest BCUT2D eigenvalue weighted by molar-refractivity contribution is 5.99. The Balaban J connectivity index is 1.84. The number of aliphatic hydroxyl groups excluding tert-OH is 1. The highest BCUT2D eigenvalue weighted by Crippen LogP contribution is 2.29. The lowest BCUT2D eigenvalue weighted by molar-refractivity contribution is -0.132. The van der Waals surface area contributed by atoms with Crippen molar-refractivity contribution in [3.63, 3.8) is 0 Å². The summed E-state index contributed by atoms with van der Waals surface area (Å²) in [5, 5.41) is 16.2. The Kier molecular flexibility index (Phi) is 15.6. The Morgan fingerprint density at radius 3 is 2.48 bits per heavy atom. The molecular formula is C35H59N5O6. The van der Waals surface area contributed by atoms with Gasteiger partial charge in [-0.05, 0) is 91.2 Å². The number of hydrogen-bond donors (Lipinski definition) is 3. The molecule has 1 heterocycles. The maximum Gasteiger partial charge on any atom is 0.319 e. The number of carbonyl (C=O) groups excluding carboxylic acids is 3. The van der Waals surface area contributed by atoms with E-state index in [2.05, 4.69) is 15.5 Å². The van der Waals surface area contributed by atoms with E-state index in [9.17, 15) is 19.5 Å². The summed E-state index contributed by atoms with van der Waals surface area (Å²) in [7, 11) is 5.81. The Morgan fingerprint density at radius 1 is 1.07 bits per heavy atom. The number of amides is 4. The van der Waals surface area contributed by atoms with Crippen molar-refractivity contribution in [1.29, 1.82) is 0 Å². The van der Waals surface area contributed by atoms with Crippen LogP contribution < -0.4 is 15.4 Å². The summed E-state index contributed by atoms with van der Waals surface area (Å²) < 4.78 is 12.7. The topological polar surface area (TPSA) is 124 Å². The van der Waals surface area contributed by atoms with E-state index in [0.29, 0.717) is 43.1 Å². The van der Waals surface area contributed by atoms with Gasteiger partial charge < -0.3 is 39.9 Å². The van der Waals surface area contributed by atoms with Crippen LogP contribution in [0.2, 0.25) is 0 Å². The molecule has 4 amide bonds. The average molecular weight is 646 g/mol. The number of likely N-dealkylation sites (N-methyl/N-ethyl adjacent to an activating group) is 1. The third-order valence-electron chi connectivity index (χ3n) is 9.13. The quantitative estimate of drug-likeness (QED) is 0.336. The van der Waals surface area contributed by atoms with Gasteiger partial charge in [-0.3, -0.25) is 9.59 Å². The van der Waals surface area contributed by atoms with Crippen LogP contribution in [0.15, 0.2) is 18.2 Å². The number of nitrogens with zero attached hydrogens (tertiary/aromatic N) is 3. The summed E-state index contributed by atoms with van der Waals surface area (Å²) in [6.45, 7) is 7.72. The molecule has 0 radical (unpaired) electrons. The number of fused-ring (bicyclic) bond motifs is 1. The minimum atomic E-state index is -0.481. The molecule has 1 aromatic rings. The smallest absolute Gasteiger partial charge is 0.319 e. The molecule has 1 aliphatic heterocycles. The van der Waals surface area contributed by atoms with Gasteiger partial charge in [-0.15, -0.1) is 0 Å². The van der Waals surface area contributed by atoms with Crippen LogP contribution >= 0.6 is 0 Å². The molecule has 0 bridgehead atoms. The van der Waals surface area contributed by atoms with Crippen molar-refractivity contribution < 1.29 is 29.0 Å². The fraction of sp³-hybridized carbons (Fsp3) is 0.743. The second-order valence-corrected chi connectivity index (χ2v) is 13.6. The number of anilines is 1. The molecule has 0 spiro atoms. The summed E-state index contributed by atoms with van der Waals surface area (Å²) in [6, 6.07) is 4.57. The Labute approximate surface area is 276 Å². The van der Waals surface area contributed by atoms with E-state index in [1.54, 1.807) is 28.0 Å². The average Bonchev–Trinajstić information content (AvgIpc) is 3.02. The van der Waals surface area contributed by atoms with Crippen molar-refractivity contribution in [2.45, 2.75) is 109 Å². The number of urea groups is 1. The van der Waals surface area contributed by atoms with E-state index in [0.717, 1.165) is 57.9 Å². The van der Waals surface area contributed by atoms with Crippen molar-refractivity contribution in [3.8, 4) is 5.75 Å². The molecule has 11 heteroatoms. The van der Waals surface area contributed by atoms with E-state index in [1.165, 1.54) is 6.42 Å². The van der Waals surface area contributed by atoms with Gasteiger partial charge in [0.15, 0.2) is 0 Å². The van der Waals surface area contributed by atoms with Gasteiger partial charge in [-0.2, -0.15) is 0 Å². The van der Waals surface area contributed by atoms with Crippen molar-refractivity contribution in [2.24, 2.45) is 5.92 Å². The molecule has 0 saturated heterocycles. The van der Waals surface area contributed by atoms with Gasteiger partial charge in [0.1, 0.15) is 5.75 Å². The molecule has 46 heavy (non-hydrogen) atoms. The summed E-state index contributed by atoms with van der Waals surface area (Å²) in [6.07, 6.45) is 8.69. The first-order chi connectivity index (χ1) is 22.0. The lowest BCUT2D eigenvalue weighted by Gasteiger charge is -2.36. The fourth-order valence-electron chi connectivity index (χ4n) is 6.17. The standard InChI is InChI=1S/C35H59N5O6/c1-25-22-40(26(2)24-41)34(43)30-21-29(37-35(44)36-28-14-8-7-9-15-28)17-18-31(30)46-27(3)13-10-11-20-45-32(25)23-39(6)33(42)16-12-19-38(4)5/h17-18,21,25-28,32,41H,7-16,19-20,22-24H2,1-6H3,(H2,36,37,44)/t25-,26-,27+,32+/m0/s1. The highest BCUT2D eigenvalue weighted by atomic mass is 16.5. The van der Waals surface area contributed by atoms with Crippen LogP contribution in [-0.2, 0) is 9.53 Å². The number of carbonyl (C=O) groups is 3. The van der Waals surface area contributed by atoms with E-state index >= 15 is 0 Å². The van der Waals surface area contributed by atoms with Gasteiger partial charge >= 0.3 is 6.03 Å². The second-order valence-electron chi connectivity index (χ2n) is 13.6. The molecule has 11 nitrogen and oxygen atoms in total. The normalized spacial score (nSPS) is 22.7. The molecule has 3 N–H and O–H groups in total. The lowest BCUT2D eigenvalue weighted by atomic mass is 9.96. The molecule has 0 aromatic heterocycles. The summed E-state index contributed by atoms with van der Waals surface area (Å²) >= 11 is 0. The van der Waals surface area contributed by atoms with Crippen LogP contribution in [0, 0.1) is 5.92 Å². The van der Waals surface area contributed by atoms with Gasteiger partial charge in [0.25, 0.3) is 5.91 Å². The van der Waals surface area contributed by atoms with Crippen LogP contribution in [0.5, 0.6) is 5.75 Å². The van der Waals surface area contributed by atoms with Gasteiger partial charge in [-0.25, -0.2) is 4.79 Å². The van der Waals surface area contributed by atoms with E-state index < -0.39 is 6.04 Å². The van der Waals surface area contributed by atoms with E-state index in [4.69, 9.17) is 9.47 Å². The molecule has 1 aromatic carbocycles. The third kappa shape index (κ3) is 12.0. The van der Waals surface area contributed by atoms with Gasteiger partial charge in [-0.1, -0.05) is 26.2 Å². The highest BCUT2D eigenvalue weighted by Gasteiger charge is 2.31. The van der Waals surface area contributed by atoms with Crippen molar-refractivity contribution in [1.82, 2.24) is 20.0 Å². The third-order valence-corrected chi connectivity index (χ3v) is 9.13. The molecule has 1 saturated carbocycles. The molecule has 1 fully saturated rings. The lowest BCUT2D eigenvalue weighted by Crippen LogP contribution is -2.48. The SMILES string of the molecule is C[C@@H]1CCCCO[C@H](CN(C)C(=O)CCCN(C)C)[C@@H](C)CN([C@@H](C)CO)C(=O)c2cc(NC(=O)NC3CCCCC3)ccc2O1. The second kappa shape index (κ2) is 19.1. The van der Waals surface area contributed by atoms with E-state index in [1.807, 2.05) is 41.9 Å². The Morgan fingerprint density at radius 2 is 1.78 bits per heavy atom. The number of nitrogens with one attached hydrogen (secondary N) is 2. The number of ether oxygens (including phenoxy) is 2. The number of hydrogen-bond acceptors (Lipinski definition) is 7.